The molecule has 0 saturated carbocycles. The third-order valence-electron chi connectivity index (χ3n) is 4.44. The van der Waals surface area contributed by atoms with E-state index in [4.69, 9.17) is 0 Å². The van der Waals surface area contributed by atoms with Crippen LogP contribution in [-0.2, 0) is 16.6 Å². The van der Waals surface area contributed by atoms with E-state index in [1.54, 1.807) is 16.4 Å². The highest BCUT2D eigenvalue weighted by atomic mass is 32.2. The van der Waals surface area contributed by atoms with Crippen molar-refractivity contribution >= 4 is 16.0 Å². The van der Waals surface area contributed by atoms with E-state index in [-0.39, 0.29) is 5.54 Å². The van der Waals surface area contributed by atoms with Gasteiger partial charge < -0.3 is 10.6 Å². The van der Waals surface area contributed by atoms with Crippen LogP contribution in [0.1, 0.15) is 53.0 Å². The number of nitrogens with one attached hydrogen (secondary N) is 2. The van der Waals surface area contributed by atoms with Gasteiger partial charge in [0.15, 0.2) is 5.96 Å². The predicted octanol–water partition coefficient (Wildman–Crippen LogP) is 2.96. The van der Waals surface area contributed by atoms with E-state index in [0.717, 1.165) is 30.9 Å². The SMILES string of the molecule is CCNC(=NCc1ccc(S(=O)(=O)N2CCCC(C)C2)cc1)NC(C)(C)C. The molecule has 1 aliphatic rings. The molecule has 0 radical (unpaired) electrons. The Bertz CT molecular complexity index is 736. The second kappa shape index (κ2) is 9.06. The predicted molar refractivity (Wildman–Crippen MR) is 111 cm³/mol. The van der Waals surface area contributed by atoms with Crippen molar-refractivity contribution in [3.63, 3.8) is 0 Å². The van der Waals surface area contributed by atoms with Crippen LogP contribution in [0.2, 0.25) is 0 Å². The summed E-state index contributed by atoms with van der Waals surface area (Å²) in [7, 11) is -3.40. The van der Waals surface area contributed by atoms with Crippen molar-refractivity contribution in [1.82, 2.24) is 14.9 Å². The molecule has 0 amide bonds. The van der Waals surface area contributed by atoms with Crippen LogP contribution in [0.5, 0.6) is 0 Å². The molecular formula is C20H34N4O2S. The molecule has 1 saturated heterocycles. The third kappa shape index (κ3) is 6.50. The number of nitrogens with zero attached hydrogens (tertiary/aromatic N) is 2. The largest absolute Gasteiger partial charge is 0.357 e. The summed E-state index contributed by atoms with van der Waals surface area (Å²) in [6.45, 7) is 12.9. The Labute approximate surface area is 164 Å². The number of guanidine groups is 1. The van der Waals surface area contributed by atoms with Crippen LogP contribution in [-0.4, -0.2) is 43.9 Å². The second-order valence-corrected chi connectivity index (χ2v) is 10.3. The van der Waals surface area contributed by atoms with E-state index >= 15 is 0 Å². The van der Waals surface area contributed by atoms with E-state index in [0.29, 0.717) is 30.4 Å². The Morgan fingerprint density at radius 3 is 2.48 bits per heavy atom. The zero-order valence-corrected chi connectivity index (χ0v) is 18.1. The minimum atomic E-state index is -3.40. The highest BCUT2D eigenvalue weighted by Gasteiger charge is 2.28. The highest BCUT2D eigenvalue weighted by molar-refractivity contribution is 7.89. The van der Waals surface area contributed by atoms with Crippen molar-refractivity contribution in [1.29, 1.82) is 0 Å². The molecule has 2 rings (SSSR count). The first-order chi connectivity index (χ1) is 12.6. The van der Waals surface area contributed by atoms with Gasteiger partial charge in [0.05, 0.1) is 11.4 Å². The van der Waals surface area contributed by atoms with Crippen molar-refractivity contribution in [2.45, 2.75) is 64.4 Å². The van der Waals surface area contributed by atoms with Gasteiger partial charge in [0.2, 0.25) is 10.0 Å². The smallest absolute Gasteiger partial charge is 0.243 e. The zero-order valence-electron chi connectivity index (χ0n) is 17.2. The molecule has 27 heavy (non-hydrogen) atoms. The summed E-state index contributed by atoms with van der Waals surface area (Å²) in [5.74, 6) is 1.17. The van der Waals surface area contributed by atoms with Gasteiger partial charge in [0.25, 0.3) is 0 Å². The normalized spacial score (nSPS) is 19.7. The molecule has 0 bridgehead atoms. The summed E-state index contributed by atoms with van der Waals surface area (Å²) >= 11 is 0. The fourth-order valence-electron chi connectivity index (χ4n) is 3.11. The molecule has 0 aliphatic carbocycles. The van der Waals surface area contributed by atoms with Gasteiger partial charge in [-0.3, -0.25) is 0 Å². The van der Waals surface area contributed by atoms with E-state index in [9.17, 15) is 8.42 Å². The summed E-state index contributed by atoms with van der Waals surface area (Å²) in [5, 5.41) is 6.57. The Kier molecular flexibility index (Phi) is 7.28. The van der Waals surface area contributed by atoms with Gasteiger partial charge in [-0.25, -0.2) is 13.4 Å². The van der Waals surface area contributed by atoms with Crippen LogP contribution >= 0.6 is 0 Å². The van der Waals surface area contributed by atoms with Crippen LogP contribution in [0, 0.1) is 5.92 Å². The number of sulfonamides is 1. The molecule has 1 aromatic carbocycles. The quantitative estimate of drug-likeness (QED) is 0.595. The summed E-state index contributed by atoms with van der Waals surface area (Å²) in [5.41, 5.74) is 0.900. The first-order valence-electron chi connectivity index (χ1n) is 9.77. The van der Waals surface area contributed by atoms with Crippen molar-refractivity contribution in [3.8, 4) is 0 Å². The maximum absolute atomic E-state index is 12.8. The summed E-state index contributed by atoms with van der Waals surface area (Å²) in [6.07, 6.45) is 2.03. The van der Waals surface area contributed by atoms with Crippen LogP contribution in [0.3, 0.4) is 0 Å². The lowest BCUT2D eigenvalue weighted by Crippen LogP contribution is -2.47. The Morgan fingerprint density at radius 2 is 1.93 bits per heavy atom. The van der Waals surface area contributed by atoms with Crippen LogP contribution in [0.25, 0.3) is 0 Å². The fourth-order valence-corrected chi connectivity index (χ4v) is 4.71. The Balaban J connectivity index is 2.08. The topological polar surface area (TPSA) is 73.8 Å². The number of hydrogen-bond donors (Lipinski definition) is 2. The van der Waals surface area contributed by atoms with Gasteiger partial charge >= 0.3 is 0 Å². The monoisotopic (exact) mass is 394 g/mol. The molecule has 6 nitrogen and oxygen atoms in total. The van der Waals surface area contributed by atoms with E-state index in [1.165, 1.54) is 0 Å². The Morgan fingerprint density at radius 1 is 1.26 bits per heavy atom. The Hall–Kier alpha value is -1.60. The van der Waals surface area contributed by atoms with Crippen molar-refractivity contribution in [2.24, 2.45) is 10.9 Å². The van der Waals surface area contributed by atoms with Crippen molar-refractivity contribution in [3.05, 3.63) is 29.8 Å². The molecule has 1 atom stereocenters. The van der Waals surface area contributed by atoms with Gasteiger partial charge in [-0.1, -0.05) is 19.1 Å². The molecule has 0 aromatic heterocycles. The molecule has 1 unspecified atom stereocenters. The number of rotatable bonds is 5. The molecule has 152 valence electrons. The lowest BCUT2D eigenvalue weighted by Gasteiger charge is -2.30. The molecule has 1 fully saturated rings. The standard InChI is InChI=1S/C20H34N4O2S/c1-6-21-19(23-20(3,4)5)22-14-17-9-11-18(12-10-17)27(25,26)24-13-7-8-16(2)15-24/h9-12,16H,6-8,13-15H2,1-5H3,(H2,21,22,23). The van der Waals surface area contributed by atoms with Crippen molar-refractivity contribution in [2.75, 3.05) is 19.6 Å². The second-order valence-electron chi connectivity index (χ2n) is 8.32. The molecule has 1 aromatic rings. The number of aliphatic imine (C=N–C) groups is 1. The molecule has 1 aliphatic heterocycles. The minimum absolute atomic E-state index is 0.0789. The van der Waals surface area contributed by atoms with Crippen molar-refractivity contribution < 1.29 is 8.42 Å². The zero-order chi connectivity index (χ0) is 20.1. The lowest BCUT2D eigenvalue weighted by molar-refractivity contribution is 0.281. The first-order valence-corrected chi connectivity index (χ1v) is 11.2. The summed E-state index contributed by atoms with van der Waals surface area (Å²) < 4.78 is 27.3. The summed E-state index contributed by atoms with van der Waals surface area (Å²) in [6, 6.07) is 7.10. The number of hydrogen-bond acceptors (Lipinski definition) is 3. The van der Waals surface area contributed by atoms with Crippen LogP contribution < -0.4 is 10.6 Å². The van der Waals surface area contributed by atoms with E-state index in [1.807, 2.05) is 19.1 Å². The fraction of sp³-hybridized carbons (Fsp3) is 0.650. The first kappa shape index (κ1) is 21.7. The molecular weight excluding hydrogens is 360 g/mol. The maximum atomic E-state index is 12.8. The van der Waals surface area contributed by atoms with Crippen LogP contribution in [0.4, 0.5) is 0 Å². The third-order valence-corrected chi connectivity index (χ3v) is 6.32. The highest BCUT2D eigenvalue weighted by Crippen LogP contribution is 2.23. The van der Waals surface area contributed by atoms with Crippen LogP contribution in [0.15, 0.2) is 34.2 Å². The minimum Gasteiger partial charge on any atom is -0.357 e. The van der Waals surface area contributed by atoms with E-state index in [2.05, 4.69) is 43.3 Å². The van der Waals surface area contributed by atoms with Gasteiger partial charge in [-0.05, 0) is 64.2 Å². The lowest BCUT2D eigenvalue weighted by atomic mass is 10.0. The van der Waals surface area contributed by atoms with Gasteiger partial charge in [-0.15, -0.1) is 0 Å². The average molecular weight is 395 g/mol. The number of piperidine rings is 1. The van der Waals surface area contributed by atoms with E-state index < -0.39 is 10.0 Å². The van der Waals surface area contributed by atoms with Gasteiger partial charge in [0.1, 0.15) is 0 Å². The average Bonchev–Trinajstić information content (AvgIpc) is 2.59. The van der Waals surface area contributed by atoms with Gasteiger partial charge in [0, 0.05) is 25.2 Å². The molecule has 2 N–H and O–H groups in total. The summed E-state index contributed by atoms with van der Waals surface area (Å²) in [4.78, 5) is 4.96. The molecule has 0 spiro atoms. The molecule has 7 heteroatoms. The molecule has 1 heterocycles. The number of benzene rings is 1. The maximum Gasteiger partial charge on any atom is 0.243 e. The van der Waals surface area contributed by atoms with Gasteiger partial charge in [-0.2, -0.15) is 4.31 Å².